The number of ether oxygens (including phenoxy) is 1. The maximum atomic E-state index is 6.39. The summed E-state index contributed by atoms with van der Waals surface area (Å²) in [6.45, 7) is 15.2. The van der Waals surface area contributed by atoms with Gasteiger partial charge < -0.3 is 24.8 Å². The van der Waals surface area contributed by atoms with Gasteiger partial charge in [-0.05, 0) is 0 Å². The van der Waals surface area contributed by atoms with Crippen LogP contribution in [0.3, 0.4) is 0 Å². The Kier molecular flexibility index (Phi) is 9.07. The molecule has 0 spiro atoms. The summed E-state index contributed by atoms with van der Waals surface area (Å²) in [5, 5.41) is 3.67. The molecule has 0 heterocycles. The minimum absolute atomic E-state index is 0. The largest absolute Gasteiger partial charge is 1.00 e. The van der Waals surface area contributed by atoms with Gasteiger partial charge in [-0.3, -0.25) is 0 Å². The molecule has 0 atom stereocenters. The van der Waals surface area contributed by atoms with Crippen LogP contribution in [-0.4, -0.2) is 21.0 Å². The molecule has 1 aliphatic carbocycles. The van der Waals surface area contributed by atoms with E-state index in [-0.39, 0.29) is 30.4 Å². The Hall–Kier alpha value is -0.389. The zero-order chi connectivity index (χ0) is 18.3. The third-order valence-corrected chi connectivity index (χ3v) is 5.26. The van der Waals surface area contributed by atoms with Crippen molar-refractivity contribution in [2.45, 2.75) is 52.9 Å². The third kappa shape index (κ3) is 5.80. The molecule has 0 unspecified atom stereocenters. The van der Waals surface area contributed by atoms with Crippen molar-refractivity contribution in [3.8, 4) is 5.75 Å². The predicted octanol–water partition coefficient (Wildman–Crippen LogP) is -1.10. The Bertz CT molecular complexity index is 719. The van der Waals surface area contributed by atoms with Crippen LogP contribution < -0.4 is 34.6 Å². The summed E-state index contributed by atoms with van der Waals surface area (Å²) in [6.07, 6.45) is 0. The van der Waals surface area contributed by atoms with Crippen LogP contribution in [0.4, 0.5) is 0 Å². The fourth-order valence-electron chi connectivity index (χ4n) is 2.75. The fourth-order valence-corrected chi connectivity index (χ4v) is 4.20. The van der Waals surface area contributed by atoms with Gasteiger partial charge in [0, 0.05) is 0 Å². The Labute approximate surface area is 183 Å². The maximum absolute atomic E-state index is 6.39. The molecular formula is C19H28Cl2NO2SiTi. The second kappa shape index (κ2) is 9.20. The molecule has 0 aliphatic heterocycles. The van der Waals surface area contributed by atoms with Crippen LogP contribution in [0.2, 0.25) is 19.6 Å². The molecule has 143 valence electrons. The summed E-state index contributed by atoms with van der Waals surface area (Å²) in [4.78, 5) is 0. The van der Waals surface area contributed by atoms with Crippen LogP contribution in [0.1, 0.15) is 38.8 Å². The Morgan fingerprint density at radius 1 is 1.12 bits per heavy atom. The molecule has 0 radical (unpaired) electrons. The number of fused-ring (bicyclic) bond motifs is 1. The molecule has 26 heavy (non-hydrogen) atoms. The second-order valence-electron chi connectivity index (χ2n) is 8.15. The smallest absolute Gasteiger partial charge is 1.00 e. The molecule has 1 aromatic carbocycles. The fraction of sp³-hybridized carbons (Fsp3) is 0.474. The summed E-state index contributed by atoms with van der Waals surface area (Å²) >= 11 is 2.17. The summed E-state index contributed by atoms with van der Waals surface area (Å²) in [5.74, 6) is 1.87. The van der Waals surface area contributed by atoms with Crippen molar-refractivity contribution in [2.75, 3.05) is 7.11 Å². The first-order valence-corrected chi connectivity index (χ1v) is 12.5. The molecular weight excluding hydrogens is 421 g/mol. The van der Waals surface area contributed by atoms with Gasteiger partial charge >= 0.3 is 159 Å². The summed E-state index contributed by atoms with van der Waals surface area (Å²) in [7, 11) is 0.0199. The number of nitrogens with one attached hydrogen (secondary N) is 1. The van der Waals surface area contributed by atoms with Crippen molar-refractivity contribution in [1.82, 2.24) is 5.32 Å². The van der Waals surface area contributed by atoms with Crippen LogP contribution >= 0.6 is 0 Å². The zero-order valence-corrected chi connectivity index (χ0v) is 20.9. The van der Waals surface area contributed by atoms with E-state index in [0.717, 1.165) is 28.3 Å². The van der Waals surface area contributed by atoms with Crippen molar-refractivity contribution in [2.24, 2.45) is 0 Å². The molecule has 0 saturated carbocycles. The van der Waals surface area contributed by atoms with Gasteiger partial charge in [0.15, 0.2) is 0 Å². The Morgan fingerprint density at radius 2 is 1.69 bits per heavy atom. The van der Waals surface area contributed by atoms with E-state index in [2.05, 4.69) is 84.4 Å². The van der Waals surface area contributed by atoms with E-state index in [1.807, 2.05) is 6.92 Å². The molecule has 0 bridgehead atoms. The molecule has 1 aliphatic rings. The number of allylic oxidation sites excluding steroid dienone is 2. The molecule has 7 heteroatoms. The Morgan fingerprint density at radius 3 is 2.15 bits per heavy atom. The van der Waals surface area contributed by atoms with Crippen LogP contribution in [0.25, 0.3) is 9.45 Å². The van der Waals surface area contributed by atoms with Crippen molar-refractivity contribution >= 4 is 17.8 Å². The topological polar surface area (TPSA) is 30.5 Å². The van der Waals surface area contributed by atoms with E-state index >= 15 is 0 Å². The average molecular weight is 449 g/mol. The van der Waals surface area contributed by atoms with Crippen molar-refractivity contribution in [1.29, 1.82) is 0 Å². The average Bonchev–Trinajstić information content (AvgIpc) is 2.69. The SMILES string of the molecule is COC(C)=C1C(NC(C)(C)C)=[C]([Ti+2])c2cccc(O[Si](C)(C)C)c21.[Cl-].[Cl-]. The van der Waals surface area contributed by atoms with E-state index in [0.29, 0.717) is 0 Å². The normalized spacial score (nSPS) is 15.6. The van der Waals surface area contributed by atoms with Crippen LogP contribution in [-0.2, 0) is 25.2 Å². The standard InChI is InChI=1S/C19H28NO2Si.2ClH.Ti/c1-13(21-5)17-15(20-19(2,3)4)12-14-10-9-11-16(18(14)17)22-23(6,7)8;;;/h9-11,20H,1-8H3;2*1H;/q;;;+2/p-2. The van der Waals surface area contributed by atoms with Gasteiger partial charge in [0.05, 0.1) is 0 Å². The quantitative estimate of drug-likeness (QED) is 0.468. The first kappa shape index (κ1) is 25.6. The van der Waals surface area contributed by atoms with E-state index in [1.165, 1.54) is 9.44 Å². The van der Waals surface area contributed by atoms with Crippen molar-refractivity contribution in [3.05, 3.63) is 40.8 Å². The zero-order valence-electron chi connectivity index (χ0n) is 16.8. The summed E-state index contributed by atoms with van der Waals surface area (Å²) in [6, 6.07) is 6.33. The minimum Gasteiger partial charge on any atom is -1.00 e. The van der Waals surface area contributed by atoms with Gasteiger partial charge in [0.1, 0.15) is 0 Å². The molecule has 0 amide bonds. The molecule has 0 aromatic heterocycles. The van der Waals surface area contributed by atoms with Gasteiger partial charge in [-0.25, -0.2) is 0 Å². The summed E-state index contributed by atoms with van der Waals surface area (Å²) in [5.41, 5.74) is 4.61. The molecule has 0 fully saturated rings. The van der Waals surface area contributed by atoms with Crippen molar-refractivity contribution < 1.29 is 54.4 Å². The van der Waals surface area contributed by atoms with E-state index < -0.39 is 8.32 Å². The van der Waals surface area contributed by atoms with Crippen LogP contribution in [0.15, 0.2) is 29.7 Å². The van der Waals surface area contributed by atoms with Gasteiger partial charge in [0.25, 0.3) is 0 Å². The number of halogens is 2. The molecule has 1 aromatic rings. The van der Waals surface area contributed by atoms with Gasteiger partial charge in [-0.15, -0.1) is 0 Å². The van der Waals surface area contributed by atoms with Crippen LogP contribution in [0, 0.1) is 0 Å². The third-order valence-electron chi connectivity index (χ3n) is 3.62. The second-order valence-corrected chi connectivity index (χ2v) is 13.4. The number of benzene rings is 1. The molecule has 3 nitrogen and oxygen atoms in total. The molecule has 1 N–H and O–H groups in total. The summed E-state index contributed by atoms with van der Waals surface area (Å²) < 4.78 is 13.3. The van der Waals surface area contributed by atoms with Gasteiger partial charge in [0.2, 0.25) is 0 Å². The van der Waals surface area contributed by atoms with Gasteiger partial charge in [-0.2, -0.15) is 0 Å². The number of hydrogen-bond acceptors (Lipinski definition) is 3. The van der Waals surface area contributed by atoms with E-state index in [1.54, 1.807) is 7.11 Å². The van der Waals surface area contributed by atoms with E-state index in [4.69, 9.17) is 9.16 Å². The Balaban J connectivity index is 0.00000312. The first-order valence-electron chi connectivity index (χ1n) is 8.26. The number of methoxy groups -OCH3 is 1. The number of hydrogen-bond donors (Lipinski definition) is 1. The van der Waals surface area contributed by atoms with Gasteiger partial charge in [-0.1, -0.05) is 0 Å². The monoisotopic (exact) mass is 448 g/mol. The predicted molar refractivity (Wildman–Crippen MR) is 99.8 cm³/mol. The van der Waals surface area contributed by atoms with Crippen molar-refractivity contribution in [3.63, 3.8) is 0 Å². The van der Waals surface area contributed by atoms with Crippen LogP contribution in [0.5, 0.6) is 5.75 Å². The molecule has 2 rings (SSSR count). The van der Waals surface area contributed by atoms with E-state index in [9.17, 15) is 0 Å². The maximum Gasteiger partial charge on any atom is -1.00 e. The first-order chi connectivity index (χ1) is 10.9. The molecule has 0 saturated heterocycles. The minimum atomic E-state index is -1.71. The number of rotatable bonds is 4.